The molecule has 0 aliphatic carbocycles. The molecule has 0 amide bonds. The highest BCUT2D eigenvalue weighted by molar-refractivity contribution is 9.10. The van der Waals surface area contributed by atoms with Crippen LogP contribution in [0.5, 0.6) is 5.75 Å². The molecule has 0 heterocycles. The monoisotopic (exact) mass is 341 g/mol. The lowest BCUT2D eigenvalue weighted by molar-refractivity contribution is 0.412. The summed E-state index contributed by atoms with van der Waals surface area (Å²) in [5.41, 5.74) is 1.31. The summed E-state index contributed by atoms with van der Waals surface area (Å²) in [6.45, 7) is 0. The molecule has 6 heteroatoms. The predicted molar refractivity (Wildman–Crippen MR) is 77.5 cm³/mol. The normalized spacial score (nSPS) is 11.3. The van der Waals surface area contributed by atoms with E-state index in [1.54, 1.807) is 43.5 Å². The van der Waals surface area contributed by atoms with Crippen LogP contribution in [0.15, 0.2) is 51.8 Å². The largest absolute Gasteiger partial charge is 0.496 e. The highest BCUT2D eigenvalue weighted by Gasteiger charge is 2.15. The maximum atomic E-state index is 11.6. The van der Waals surface area contributed by atoms with Gasteiger partial charge in [0, 0.05) is 5.56 Å². The zero-order valence-corrected chi connectivity index (χ0v) is 12.5. The van der Waals surface area contributed by atoms with Crippen molar-refractivity contribution in [2.75, 3.05) is 7.11 Å². The third-order valence-corrected chi connectivity index (χ3v) is 4.25. The first-order chi connectivity index (χ1) is 8.93. The Labute approximate surface area is 120 Å². The number of sulfonamides is 1. The first kappa shape index (κ1) is 14.0. The standard InChI is InChI=1S/C13H12BrNO3S/c1-18-12-7-6-9(8-11(12)14)10-4-2-3-5-13(10)19(15,16)17/h2-8H,1H3,(H2,15,16,17). The van der Waals surface area contributed by atoms with Gasteiger partial charge in [0.1, 0.15) is 5.75 Å². The lowest BCUT2D eigenvalue weighted by atomic mass is 10.1. The highest BCUT2D eigenvalue weighted by atomic mass is 79.9. The van der Waals surface area contributed by atoms with Gasteiger partial charge in [-0.1, -0.05) is 24.3 Å². The maximum absolute atomic E-state index is 11.6. The molecule has 19 heavy (non-hydrogen) atoms. The molecule has 0 unspecified atom stereocenters. The van der Waals surface area contributed by atoms with E-state index in [2.05, 4.69) is 15.9 Å². The van der Waals surface area contributed by atoms with Crippen molar-refractivity contribution in [3.05, 3.63) is 46.9 Å². The number of halogens is 1. The fraction of sp³-hybridized carbons (Fsp3) is 0.0769. The van der Waals surface area contributed by atoms with Crippen molar-refractivity contribution in [2.45, 2.75) is 4.90 Å². The Kier molecular flexibility index (Phi) is 3.93. The van der Waals surface area contributed by atoms with Crippen molar-refractivity contribution in [2.24, 2.45) is 5.14 Å². The fourth-order valence-corrected chi connectivity index (χ4v) is 3.09. The van der Waals surface area contributed by atoms with E-state index in [4.69, 9.17) is 9.88 Å². The zero-order chi connectivity index (χ0) is 14.0. The van der Waals surface area contributed by atoms with E-state index < -0.39 is 10.0 Å². The zero-order valence-electron chi connectivity index (χ0n) is 10.1. The van der Waals surface area contributed by atoms with E-state index >= 15 is 0 Å². The van der Waals surface area contributed by atoms with Crippen molar-refractivity contribution in [3.63, 3.8) is 0 Å². The van der Waals surface area contributed by atoms with E-state index in [9.17, 15) is 8.42 Å². The second-order valence-corrected chi connectivity index (χ2v) is 6.27. The van der Waals surface area contributed by atoms with Crippen LogP contribution < -0.4 is 9.88 Å². The van der Waals surface area contributed by atoms with Crippen molar-refractivity contribution in [1.29, 1.82) is 0 Å². The molecule has 0 aromatic heterocycles. The Morgan fingerprint density at radius 1 is 1.16 bits per heavy atom. The molecule has 2 rings (SSSR count). The minimum Gasteiger partial charge on any atom is -0.496 e. The number of methoxy groups -OCH3 is 1. The summed E-state index contributed by atoms with van der Waals surface area (Å²) in [7, 11) is -2.19. The smallest absolute Gasteiger partial charge is 0.238 e. The Morgan fingerprint density at radius 3 is 2.42 bits per heavy atom. The summed E-state index contributed by atoms with van der Waals surface area (Å²) in [5, 5.41) is 5.22. The molecule has 0 bridgehead atoms. The molecule has 4 nitrogen and oxygen atoms in total. The number of primary sulfonamides is 1. The second kappa shape index (κ2) is 5.32. The van der Waals surface area contributed by atoms with Gasteiger partial charge in [0.25, 0.3) is 0 Å². The van der Waals surface area contributed by atoms with Crippen molar-refractivity contribution in [3.8, 4) is 16.9 Å². The summed E-state index contributed by atoms with van der Waals surface area (Å²) in [6, 6.07) is 12.0. The van der Waals surface area contributed by atoms with Gasteiger partial charge in [-0.05, 0) is 39.7 Å². The van der Waals surface area contributed by atoms with E-state index in [1.807, 2.05) is 0 Å². The van der Waals surface area contributed by atoms with Gasteiger partial charge in [0.2, 0.25) is 10.0 Å². The first-order valence-corrected chi connectivity index (χ1v) is 7.73. The third-order valence-electron chi connectivity index (χ3n) is 2.66. The lowest BCUT2D eigenvalue weighted by Gasteiger charge is -2.10. The highest BCUT2D eigenvalue weighted by Crippen LogP contribution is 2.33. The average molecular weight is 342 g/mol. The molecular weight excluding hydrogens is 330 g/mol. The number of rotatable bonds is 3. The van der Waals surface area contributed by atoms with E-state index in [1.165, 1.54) is 6.07 Å². The van der Waals surface area contributed by atoms with Crippen LogP contribution in [0, 0.1) is 0 Å². The van der Waals surface area contributed by atoms with Crippen LogP contribution in [0.25, 0.3) is 11.1 Å². The molecule has 2 aromatic rings. The van der Waals surface area contributed by atoms with Gasteiger partial charge >= 0.3 is 0 Å². The van der Waals surface area contributed by atoms with Crippen LogP contribution in [0.4, 0.5) is 0 Å². The van der Waals surface area contributed by atoms with Crippen LogP contribution >= 0.6 is 15.9 Å². The number of benzene rings is 2. The fourth-order valence-electron chi connectivity index (χ4n) is 1.79. The van der Waals surface area contributed by atoms with E-state index in [0.29, 0.717) is 11.3 Å². The molecule has 0 fully saturated rings. The molecule has 0 saturated carbocycles. The second-order valence-electron chi connectivity index (χ2n) is 3.89. The molecule has 2 N–H and O–H groups in total. The summed E-state index contributed by atoms with van der Waals surface area (Å²) in [6.07, 6.45) is 0. The molecule has 0 radical (unpaired) electrons. The topological polar surface area (TPSA) is 69.4 Å². The molecule has 0 atom stereocenters. The number of nitrogens with two attached hydrogens (primary N) is 1. The van der Waals surface area contributed by atoms with Crippen LogP contribution in [0.2, 0.25) is 0 Å². The number of hydrogen-bond donors (Lipinski definition) is 1. The molecule has 0 spiro atoms. The van der Waals surface area contributed by atoms with Crippen LogP contribution in [-0.4, -0.2) is 15.5 Å². The number of ether oxygens (including phenoxy) is 1. The van der Waals surface area contributed by atoms with E-state index in [0.717, 1.165) is 10.0 Å². The summed E-state index contributed by atoms with van der Waals surface area (Å²) in [4.78, 5) is 0.104. The molecule has 0 saturated heterocycles. The van der Waals surface area contributed by atoms with Crippen molar-refractivity contribution in [1.82, 2.24) is 0 Å². The summed E-state index contributed by atoms with van der Waals surface area (Å²) in [5.74, 6) is 0.678. The van der Waals surface area contributed by atoms with Gasteiger partial charge in [-0.15, -0.1) is 0 Å². The van der Waals surface area contributed by atoms with Gasteiger partial charge in [-0.2, -0.15) is 0 Å². The van der Waals surface area contributed by atoms with Crippen LogP contribution in [0.1, 0.15) is 0 Å². The summed E-state index contributed by atoms with van der Waals surface area (Å²) >= 11 is 3.37. The van der Waals surface area contributed by atoms with Gasteiger partial charge in [0.15, 0.2) is 0 Å². The average Bonchev–Trinajstić information content (AvgIpc) is 2.37. The Morgan fingerprint density at radius 2 is 1.84 bits per heavy atom. The Bertz CT molecular complexity index is 714. The third kappa shape index (κ3) is 2.97. The molecule has 2 aromatic carbocycles. The molecule has 0 aliphatic rings. The Hall–Kier alpha value is -1.37. The van der Waals surface area contributed by atoms with Gasteiger partial charge < -0.3 is 4.74 Å². The quantitative estimate of drug-likeness (QED) is 0.933. The summed E-state index contributed by atoms with van der Waals surface area (Å²) < 4.78 is 29.0. The van der Waals surface area contributed by atoms with Crippen LogP contribution in [-0.2, 0) is 10.0 Å². The van der Waals surface area contributed by atoms with Gasteiger partial charge in [-0.3, -0.25) is 0 Å². The van der Waals surface area contributed by atoms with Crippen molar-refractivity contribution >= 4 is 26.0 Å². The molecule has 100 valence electrons. The molecular formula is C13H12BrNO3S. The van der Waals surface area contributed by atoms with Gasteiger partial charge in [-0.25, -0.2) is 13.6 Å². The molecule has 0 aliphatic heterocycles. The first-order valence-electron chi connectivity index (χ1n) is 5.39. The predicted octanol–water partition coefficient (Wildman–Crippen LogP) is 2.77. The lowest BCUT2D eigenvalue weighted by Crippen LogP contribution is -2.13. The minimum absolute atomic E-state index is 0.104. The van der Waals surface area contributed by atoms with E-state index in [-0.39, 0.29) is 4.90 Å². The SMILES string of the molecule is COc1ccc(-c2ccccc2S(N)(=O)=O)cc1Br. The van der Waals surface area contributed by atoms with Crippen LogP contribution in [0.3, 0.4) is 0 Å². The van der Waals surface area contributed by atoms with Gasteiger partial charge in [0.05, 0.1) is 16.5 Å². The van der Waals surface area contributed by atoms with Crippen molar-refractivity contribution < 1.29 is 13.2 Å². The Balaban J connectivity index is 2.63. The minimum atomic E-state index is -3.76. The number of hydrogen-bond acceptors (Lipinski definition) is 3. The maximum Gasteiger partial charge on any atom is 0.238 e.